The highest BCUT2D eigenvalue weighted by Gasteiger charge is 2.09. The monoisotopic (exact) mass is 427 g/mol. The SMILES string of the molecule is O=C(N/N=C/c1ccc2ccccc2c1)c1cccc(NC(=O)c2cccc(Cl)c2)c1. The van der Waals surface area contributed by atoms with Gasteiger partial charge in [-0.1, -0.05) is 60.1 Å². The molecule has 2 amide bonds. The minimum Gasteiger partial charge on any atom is -0.322 e. The highest BCUT2D eigenvalue weighted by Crippen LogP contribution is 2.16. The van der Waals surface area contributed by atoms with Crippen LogP contribution in [0.3, 0.4) is 0 Å². The summed E-state index contributed by atoms with van der Waals surface area (Å²) < 4.78 is 0. The van der Waals surface area contributed by atoms with Crippen molar-refractivity contribution in [1.29, 1.82) is 0 Å². The van der Waals surface area contributed by atoms with E-state index in [4.69, 9.17) is 11.6 Å². The van der Waals surface area contributed by atoms with Gasteiger partial charge in [-0.05, 0) is 58.8 Å². The molecule has 0 heterocycles. The number of anilines is 1. The smallest absolute Gasteiger partial charge is 0.271 e. The molecule has 0 aliphatic rings. The molecule has 0 aliphatic carbocycles. The quantitative estimate of drug-likeness (QED) is 0.325. The Bertz CT molecular complexity index is 1300. The van der Waals surface area contributed by atoms with E-state index >= 15 is 0 Å². The highest BCUT2D eigenvalue weighted by molar-refractivity contribution is 6.31. The Labute approximate surface area is 184 Å². The summed E-state index contributed by atoms with van der Waals surface area (Å²) in [5.41, 5.74) is 4.70. The lowest BCUT2D eigenvalue weighted by atomic mass is 10.1. The molecule has 0 aromatic heterocycles. The van der Waals surface area contributed by atoms with Crippen molar-refractivity contribution >= 4 is 46.1 Å². The van der Waals surface area contributed by atoms with Crippen LogP contribution in [-0.4, -0.2) is 18.0 Å². The lowest BCUT2D eigenvalue weighted by molar-refractivity contribution is 0.0953. The Morgan fingerprint density at radius 3 is 2.29 bits per heavy atom. The fraction of sp³-hybridized carbons (Fsp3) is 0. The van der Waals surface area contributed by atoms with Gasteiger partial charge in [0.2, 0.25) is 0 Å². The Balaban J connectivity index is 1.41. The lowest BCUT2D eigenvalue weighted by Gasteiger charge is -2.07. The molecule has 0 radical (unpaired) electrons. The Kier molecular flexibility index (Phi) is 6.05. The highest BCUT2D eigenvalue weighted by atomic mass is 35.5. The van der Waals surface area contributed by atoms with Crippen molar-refractivity contribution in [2.75, 3.05) is 5.32 Å². The largest absolute Gasteiger partial charge is 0.322 e. The molecular weight excluding hydrogens is 410 g/mol. The van der Waals surface area contributed by atoms with Crippen molar-refractivity contribution in [1.82, 2.24) is 5.43 Å². The summed E-state index contributed by atoms with van der Waals surface area (Å²) in [6, 6.07) is 27.2. The predicted molar refractivity (Wildman–Crippen MR) is 125 cm³/mol. The Morgan fingerprint density at radius 1 is 0.742 bits per heavy atom. The van der Waals surface area contributed by atoms with Gasteiger partial charge in [0.15, 0.2) is 0 Å². The number of hydrogen-bond donors (Lipinski definition) is 2. The molecule has 0 spiro atoms. The van der Waals surface area contributed by atoms with E-state index in [9.17, 15) is 9.59 Å². The third-order valence-corrected chi connectivity index (χ3v) is 4.86. The molecule has 31 heavy (non-hydrogen) atoms. The van der Waals surface area contributed by atoms with Crippen LogP contribution in [0.4, 0.5) is 5.69 Å². The van der Waals surface area contributed by atoms with Crippen LogP contribution in [-0.2, 0) is 0 Å². The second-order valence-corrected chi connectivity index (χ2v) is 7.29. The van der Waals surface area contributed by atoms with Crippen molar-refractivity contribution in [2.24, 2.45) is 5.10 Å². The van der Waals surface area contributed by atoms with Crippen molar-refractivity contribution < 1.29 is 9.59 Å². The first kappa shape index (κ1) is 20.3. The number of amides is 2. The minimum atomic E-state index is -0.379. The van der Waals surface area contributed by atoms with Crippen molar-refractivity contribution in [3.8, 4) is 0 Å². The van der Waals surface area contributed by atoms with Gasteiger partial charge in [0.1, 0.15) is 0 Å². The zero-order valence-corrected chi connectivity index (χ0v) is 17.1. The van der Waals surface area contributed by atoms with Crippen LogP contribution in [0.25, 0.3) is 10.8 Å². The Hall–Kier alpha value is -3.96. The van der Waals surface area contributed by atoms with Crippen molar-refractivity contribution in [2.45, 2.75) is 0 Å². The summed E-state index contributed by atoms with van der Waals surface area (Å²) in [6.07, 6.45) is 1.59. The fourth-order valence-electron chi connectivity index (χ4n) is 3.09. The van der Waals surface area contributed by atoms with E-state index in [1.165, 1.54) is 0 Å². The van der Waals surface area contributed by atoms with Gasteiger partial charge in [-0.3, -0.25) is 9.59 Å². The minimum absolute atomic E-state index is 0.311. The molecule has 0 bridgehead atoms. The predicted octanol–water partition coefficient (Wildman–Crippen LogP) is 5.51. The molecule has 4 aromatic carbocycles. The van der Waals surface area contributed by atoms with E-state index in [0.717, 1.165) is 16.3 Å². The third kappa shape index (κ3) is 5.15. The van der Waals surface area contributed by atoms with Gasteiger partial charge >= 0.3 is 0 Å². The van der Waals surface area contributed by atoms with Crippen LogP contribution in [0, 0.1) is 0 Å². The van der Waals surface area contributed by atoms with E-state index in [-0.39, 0.29) is 11.8 Å². The maximum absolute atomic E-state index is 12.4. The topological polar surface area (TPSA) is 70.6 Å². The average molecular weight is 428 g/mol. The van der Waals surface area contributed by atoms with Crippen molar-refractivity contribution in [3.63, 3.8) is 0 Å². The molecule has 2 N–H and O–H groups in total. The van der Waals surface area contributed by atoms with Gasteiger partial charge in [-0.15, -0.1) is 0 Å². The molecule has 5 nitrogen and oxygen atoms in total. The van der Waals surface area contributed by atoms with E-state index in [1.807, 2.05) is 42.5 Å². The number of carbonyl (C=O) groups excluding carboxylic acids is 2. The lowest BCUT2D eigenvalue weighted by Crippen LogP contribution is -2.18. The van der Waals surface area contributed by atoms with Crippen molar-refractivity contribution in [3.05, 3.63) is 113 Å². The first-order valence-corrected chi connectivity index (χ1v) is 9.95. The zero-order chi connectivity index (χ0) is 21.6. The van der Waals surface area contributed by atoms with Crippen LogP contribution >= 0.6 is 11.6 Å². The van der Waals surface area contributed by atoms with Crippen LogP contribution in [0.1, 0.15) is 26.3 Å². The number of hydrogen-bond acceptors (Lipinski definition) is 3. The fourth-order valence-corrected chi connectivity index (χ4v) is 3.28. The van der Waals surface area contributed by atoms with Gasteiger partial charge in [0, 0.05) is 21.8 Å². The third-order valence-electron chi connectivity index (χ3n) is 4.62. The van der Waals surface area contributed by atoms with Crippen LogP contribution in [0.5, 0.6) is 0 Å². The average Bonchev–Trinajstić information content (AvgIpc) is 2.79. The summed E-state index contributed by atoms with van der Waals surface area (Å²) in [5.74, 6) is -0.690. The zero-order valence-electron chi connectivity index (χ0n) is 16.4. The second-order valence-electron chi connectivity index (χ2n) is 6.85. The van der Waals surface area contributed by atoms with Crippen LogP contribution < -0.4 is 10.7 Å². The summed E-state index contributed by atoms with van der Waals surface area (Å²) in [7, 11) is 0. The maximum atomic E-state index is 12.4. The Morgan fingerprint density at radius 2 is 1.48 bits per heavy atom. The van der Waals surface area contributed by atoms with Gasteiger partial charge in [0.05, 0.1) is 6.21 Å². The number of nitrogens with zero attached hydrogens (tertiary/aromatic N) is 1. The molecule has 6 heteroatoms. The van der Waals surface area contributed by atoms with Gasteiger partial charge in [0.25, 0.3) is 11.8 Å². The molecule has 0 fully saturated rings. The van der Waals surface area contributed by atoms with Gasteiger partial charge in [-0.25, -0.2) is 5.43 Å². The first-order chi connectivity index (χ1) is 15.1. The molecule has 0 saturated carbocycles. The first-order valence-electron chi connectivity index (χ1n) is 9.58. The summed E-state index contributed by atoms with van der Waals surface area (Å²) in [5, 5.41) is 9.52. The number of nitrogens with one attached hydrogen (secondary N) is 2. The second kappa shape index (κ2) is 9.24. The van der Waals surface area contributed by atoms with E-state index < -0.39 is 0 Å². The number of hydrazone groups is 1. The molecular formula is C25H18ClN3O2. The standard InChI is InChI=1S/C25H18ClN3O2/c26-22-9-3-7-20(14-22)24(30)28-23-10-4-8-21(15-23)25(31)29-27-16-17-11-12-18-5-1-2-6-19(18)13-17/h1-16H,(H,28,30)(H,29,31)/b27-16+. The summed E-state index contributed by atoms with van der Waals surface area (Å²) >= 11 is 5.93. The van der Waals surface area contributed by atoms with Gasteiger partial charge in [-0.2, -0.15) is 5.10 Å². The summed E-state index contributed by atoms with van der Waals surface area (Å²) in [6.45, 7) is 0. The van der Waals surface area contributed by atoms with Crippen LogP contribution in [0.15, 0.2) is 96.1 Å². The number of fused-ring (bicyclic) bond motifs is 1. The normalized spacial score (nSPS) is 10.9. The summed E-state index contributed by atoms with van der Waals surface area (Å²) in [4.78, 5) is 24.8. The maximum Gasteiger partial charge on any atom is 0.271 e. The number of rotatable bonds is 5. The number of carbonyl (C=O) groups is 2. The number of halogens is 1. The van der Waals surface area contributed by atoms with E-state index in [0.29, 0.717) is 21.8 Å². The van der Waals surface area contributed by atoms with E-state index in [2.05, 4.69) is 15.8 Å². The van der Waals surface area contributed by atoms with E-state index in [1.54, 1.807) is 54.7 Å². The molecule has 0 atom stereocenters. The molecule has 4 aromatic rings. The molecule has 0 saturated heterocycles. The molecule has 0 unspecified atom stereocenters. The number of benzene rings is 4. The molecule has 152 valence electrons. The van der Waals surface area contributed by atoms with Gasteiger partial charge < -0.3 is 5.32 Å². The van der Waals surface area contributed by atoms with Crippen LogP contribution in [0.2, 0.25) is 5.02 Å². The molecule has 0 aliphatic heterocycles. The molecule has 4 rings (SSSR count).